The molecular weight excluding hydrogens is 304 g/mol. The van der Waals surface area contributed by atoms with Gasteiger partial charge in [0.05, 0.1) is 0 Å². The highest BCUT2D eigenvalue weighted by Crippen LogP contribution is 2.05. The molecule has 0 bridgehead atoms. The van der Waals surface area contributed by atoms with E-state index in [1.165, 1.54) is 9.35 Å². The van der Waals surface area contributed by atoms with E-state index < -0.39 is 0 Å². The molecule has 6 nitrogen and oxygen atoms in total. The van der Waals surface area contributed by atoms with Crippen LogP contribution in [0.1, 0.15) is 38.5 Å². The lowest BCUT2D eigenvalue weighted by molar-refractivity contribution is -0.681. The molecule has 0 aliphatic heterocycles. The summed E-state index contributed by atoms with van der Waals surface area (Å²) in [6.45, 7) is 0. The van der Waals surface area contributed by atoms with Crippen molar-refractivity contribution in [2.75, 3.05) is 0 Å². The second-order valence-electron chi connectivity index (χ2n) is 5.41. The first-order chi connectivity index (χ1) is 11.7. The zero-order chi connectivity index (χ0) is 17.0. The number of unbranched alkanes of at least 4 members (excludes halogenated alkanes) is 3. The van der Waals surface area contributed by atoms with Crippen molar-refractivity contribution >= 4 is 11.8 Å². The molecule has 0 aliphatic carbocycles. The van der Waals surface area contributed by atoms with Crippen molar-refractivity contribution in [1.29, 1.82) is 0 Å². The molecule has 126 valence electrons. The summed E-state index contributed by atoms with van der Waals surface area (Å²) in [5.41, 5.74) is 0. The number of pyridine rings is 2. The lowest BCUT2D eigenvalue weighted by Gasteiger charge is -2.08. The van der Waals surface area contributed by atoms with Crippen molar-refractivity contribution in [3.63, 3.8) is 0 Å². The first-order valence-corrected chi connectivity index (χ1v) is 8.16. The molecule has 0 N–H and O–H groups in total. The zero-order valence-corrected chi connectivity index (χ0v) is 13.6. The zero-order valence-electron chi connectivity index (χ0n) is 13.6. The SMILES string of the molecule is [O-]/C(CCCCCC/C([O-])=N/[n+]1ccccc1)=N\[n+]1ccccc1. The van der Waals surface area contributed by atoms with Crippen molar-refractivity contribution in [2.45, 2.75) is 38.5 Å². The normalized spacial score (nSPS) is 12.3. The van der Waals surface area contributed by atoms with Gasteiger partial charge in [0.2, 0.25) is 24.8 Å². The molecule has 0 saturated carbocycles. The van der Waals surface area contributed by atoms with Crippen molar-refractivity contribution in [3.8, 4) is 0 Å². The Hall–Kier alpha value is -2.76. The average molecular weight is 326 g/mol. The fourth-order valence-corrected chi connectivity index (χ4v) is 2.18. The second kappa shape index (κ2) is 10.1. The fraction of sp³-hybridized carbons (Fsp3) is 0.333. The highest BCUT2D eigenvalue weighted by Gasteiger charge is 1.97. The van der Waals surface area contributed by atoms with E-state index in [2.05, 4.69) is 10.2 Å². The maximum absolute atomic E-state index is 11.7. The molecule has 2 aromatic rings. The summed E-state index contributed by atoms with van der Waals surface area (Å²) in [5, 5.41) is 31.3. The van der Waals surface area contributed by atoms with E-state index >= 15 is 0 Å². The average Bonchev–Trinajstić information content (AvgIpc) is 2.60. The Kier molecular flexibility index (Phi) is 7.40. The third-order valence-corrected chi connectivity index (χ3v) is 3.38. The minimum Gasteiger partial charge on any atom is -0.858 e. The van der Waals surface area contributed by atoms with Crippen LogP contribution in [0.4, 0.5) is 0 Å². The van der Waals surface area contributed by atoms with Gasteiger partial charge in [-0.25, -0.2) is 0 Å². The van der Waals surface area contributed by atoms with Gasteiger partial charge < -0.3 is 10.2 Å². The highest BCUT2D eigenvalue weighted by atomic mass is 16.3. The van der Waals surface area contributed by atoms with Crippen LogP contribution in [0.2, 0.25) is 0 Å². The predicted molar refractivity (Wildman–Crippen MR) is 86.6 cm³/mol. The van der Waals surface area contributed by atoms with E-state index in [1.807, 2.05) is 36.4 Å². The van der Waals surface area contributed by atoms with E-state index in [4.69, 9.17) is 0 Å². The number of hydrogen-bond acceptors (Lipinski definition) is 4. The molecule has 0 spiro atoms. The van der Waals surface area contributed by atoms with Gasteiger partial charge in [-0.15, -0.1) is 0 Å². The van der Waals surface area contributed by atoms with E-state index in [9.17, 15) is 10.2 Å². The van der Waals surface area contributed by atoms with Crippen molar-refractivity contribution in [2.24, 2.45) is 10.2 Å². The van der Waals surface area contributed by atoms with Crippen LogP contribution >= 0.6 is 0 Å². The Labute approximate surface area is 142 Å². The van der Waals surface area contributed by atoms with Crippen LogP contribution in [0.25, 0.3) is 0 Å². The molecule has 2 aromatic heterocycles. The van der Waals surface area contributed by atoms with Crippen LogP contribution < -0.4 is 19.6 Å². The molecule has 0 fully saturated rings. The summed E-state index contributed by atoms with van der Waals surface area (Å²) in [6.07, 6.45) is 11.2. The van der Waals surface area contributed by atoms with Gasteiger partial charge in [-0.3, -0.25) is 0 Å². The third kappa shape index (κ3) is 7.00. The molecule has 0 saturated heterocycles. The molecule has 0 amide bonds. The van der Waals surface area contributed by atoms with Crippen LogP contribution in [-0.2, 0) is 0 Å². The molecule has 2 rings (SSSR count). The van der Waals surface area contributed by atoms with Gasteiger partial charge in [0.25, 0.3) is 0 Å². The number of aromatic nitrogens is 2. The van der Waals surface area contributed by atoms with Crippen LogP contribution in [0.5, 0.6) is 0 Å². The van der Waals surface area contributed by atoms with Crippen molar-refractivity contribution < 1.29 is 19.6 Å². The molecule has 2 heterocycles. The van der Waals surface area contributed by atoms with Gasteiger partial charge in [0.1, 0.15) is 0 Å². The van der Waals surface area contributed by atoms with Gasteiger partial charge in [-0.05, 0) is 35.9 Å². The summed E-state index contributed by atoms with van der Waals surface area (Å²) < 4.78 is 3.04. The smallest absolute Gasteiger partial charge is 0.202 e. The summed E-state index contributed by atoms with van der Waals surface area (Å²) in [7, 11) is 0. The largest absolute Gasteiger partial charge is 0.858 e. The number of nitrogens with zero attached hydrogens (tertiary/aromatic N) is 4. The molecule has 0 atom stereocenters. The molecule has 24 heavy (non-hydrogen) atoms. The van der Waals surface area contributed by atoms with Gasteiger partial charge >= 0.3 is 0 Å². The Morgan fingerprint density at radius 3 is 1.33 bits per heavy atom. The van der Waals surface area contributed by atoms with Crippen LogP contribution in [0, 0.1) is 0 Å². The van der Waals surface area contributed by atoms with Crippen molar-refractivity contribution in [3.05, 3.63) is 61.2 Å². The Morgan fingerprint density at radius 1 is 0.583 bits per heavy atom. The topological polar surface area (TPSA) is 78.6 Å². The Morgan fingerprint density at radius 2 is 0.958 bits per heavy atom. The Bertz CT molecular complexity index is 598. The van der Waals surface area contributed by atoms with E-state index in [0.717, 1.165) is 25.7 Å². The van der Waals surface area contributed by atoms with Crippen LogP contribution in [-0.4, -0.2) is 11.8 Å². The molecule has 0 radical (unpaired) electrons. The van der Waals surface area contributed by atoms with Gasteiger partial charge in [0, 0.05) is 36.1 Å². The van der Waals surface area contributed by atoms with Crippen molar-refractivity contribution in [1.82, 2.24) is 0 Å². The lowest BCUT2D eigenvalue weighted by atomic mass is 10.1. The van der Waals surface area contributed by atoms with E-state index in [0.29, 0.717) is 12.8 Å². The second-order valence-corrected chi connectivity index (χ2v) is 5.41. The van der Waals surface area contributed by atoms with Crippen LogP contribution in [0.15, 0.2) is 71.4 Å². The Balaban J connectivity index is 1.60. The fourth-order valence-electron chi connectivity index (χ4n) is 2.18. The first kappa shape index (κ1) is 17.6. The molecule has 6 heteroatoms. The first-order valence-electron chi connectivity index (χ1n) is 8.16. The van der Waals surface area contributed by atoms with Gasteiger partial charge in [0.15, 0.2) is 0 Å². The molecular formula is C18H22N4O2. The minimum atomic E-state index is -0.127. The molecule has 0 unspecified atom stereocenters. The predicted octanol–water partition coefficient (Wildman–Crippen LogP) is 0.346. The van der Waals surface area contributed by atoms with E-state index in [-0.39, 0.29) is 11.8 Å². The summed E-state index contributed by atoms with van der Waals surface area (Å²) in [4.78, 5) is 0. The minimum absolute atomic E-state index is 0.127. The summed E-state index contributed by atoms with van der Waals surface area (Å²) >= 11 is 0. The standard InChI is InChI=1S/C18H22N4O2/c23-17(19-21-13-7-3-8-14-21)11-5-1-2-6-12-18(24)20-22-15-9-4-10-16-22/h3-4,7-10,13-16H,1-2,5-6,11-12H2. The highest BCUT2D eigenvalue weighted by molar-refractivity contribution is 5.70. The summed E-state index contributed by atoms with van der Waals surface area (Å²) in [5.74, 6) is -0.254. The van der Waals surface area contributed by atoms with E-state index in [1.54, 1.807) is 24.8 Å². The lowest BCUT2D eigenvalue weighted by Crippen LogP contribution is -2.32. The monoisotopic (exact) mass is 326 g/mol. The van der Waals surface area contributed by atoms with Gasteiger partial charge in [-0.1, -0.05) is 34.3 Å². The van der Waals surface area contributed by atoms with Gasteiger partial charge in [-0.2, -0.15) is 0 Å². The maximum Gasteiger partial charge on any atom is 0.202 e. The summed E-state index contributed by atoms with van der Waals surface area (Å²) in [6, 6.07) is 11.1. The molecule has 0 aliphatic rings. The third-order valence-electron chi connectivity index (χ3n) is 3.38. The number of hydrogen-bond donors (Lipinski definition) is 0. The maximum atomic E-state index is 11.7. The van der Waals surface area contributed by atoms with Crippen LogP contribution in [0.3, 0.4) is 0 Å². The quantitative estimate of drug-likeness (QED) is 0.288. The number of rotatable bonds is 9. The molecule has 0 aromatic carbocycles.